The van der Waals surface area contributed by atoms with Crippen molar-refractivity contribution in [2.24, 2.45) is 0 Å². The maximum Gasteiger partial charge on any atom is 0.254 e. The lowest BCUT2D eigenvalue weighted by atomic mass is 10.1. The molecule has 0 fully saturated rings. The van der Waals surface area contributed by atoms with Gasteiger partial charge in [0.25, 0.3) is 5.91 Å². The number of carbonyl (C=O) groups is 1. The fourth-order valence-electron chi connectivity index (χ4n) is 3.83. The first-order valence-corrected chi connectivity index (χ1v) is 11.0. The lowest BCUT2D eigenvalue weighted by Crippen LogP contribution is -2.34. The molecule has 176 valence electrons. The zero-order valence-corrected chi connectivity index (χ0v) is 19.9. The molecule has 0 saturated carbocycles. The Bertz CT molecular complexity index is 1250. The lowest BCUT2D eigenvalue weighted by molar-refractivity contribution is 0.0680. The second-order valence-corrected chi connectivity index (χ2v) is 8.14. The minimum atomic E-state index is -0.0661. The summed E-state index contributed by atoms with van der Waals surface area (Å²) in [6.45, 7) is 1.31. The van der Waals surface area contributed by atoms with Gasteiger partial charge in [0.15, 0.2) is 0 Å². The molecule has 2 aromatic heterocycles. The molecule has 0 N–H and O–H groups in total. The number of carbonyl (C=O) groups excluding carboxylic acids is 1. The number of rotatable bonds is 9. The van der Waals surface area contributed by atoms with E-state index in [-0.39, 0.29) is 5.91 Å². The molecule has 0 saturated heterocycles. The summed E-state index contributed by atoms with van der Waals surface area (Å²) in [5, 5.41) is 5.23. The van der Waals surface area contributed by atoms with E-state index in [0.717, 1.165) is 33.7 Å². The van der Waals surface area contributed by atoms with Crippen molar-refractivity contribution in [3.8, 4) is 11.4 Å². The van der Waals surface area contributed by atoms with E-state index in [9.17, 15) is 4.79 Å². The van der Waals surface area contributed by atoms with E-state index in [1.54, 1.807) is 30.0 Å². The van der Waals surface area contributed by atoms with Crippen molar-refractivity contribution in [3.63, 3.8) is 0 Å². The van der Waals surface area contributed by atoms with Crippen molar-refractivity contribution in [3.05, 3.63) is 78.1 Å². The van der Waals surface area contributed by atoms with Gasteiger partial charge in [-0.15, -0.1) is 0 Å². The molecule has 4 rings (SSSR count). The van der Waals surface area contributed by atoms with Crippen LogP contribution in [0.25, 0.3) is 16.6 Å². The number of aromatic nitrogens is 3. The normalized spacial score (nSPS) is 10.9. The summed E-state index contributed by atoms with van der Waals surface area (Å²) in [6, 6.07) is 17.2. The van der Waals surface area contributed by atoms with Crippen molar-refractivity contribution >= 4 is 22.6 Å². The molecule has 2 heterocycles. The average Bonchev–Trinajstić information content (AvgIpc) is 3.40. The molecule has 0 spiro atoms. The van der Waals surface area contributed by atoms with Crippen molar-refractivity contribution < 1.29 is 14.3 Å². The van der Waals surface area contributed by atoms with Crippen LogP contribution in [0.15, 0.2) is 67.0 Å². The number of methoxy groups -OCH3 is 2. The van der Waals surface area contributed by atoms with Crippen LogP contribution < -0.4 is 9.64 Å². The third-order valence-corrected chi connectivity index (χ3v) is 5.60. The predicted molar refractivity (Wildman–Crippen MR) is 133 cm³/mol. The molecule has 0 aliphatic rings. The second kappa shape index (κ2) is 10.4. The first-order chi connectivity index (χ1) is 16.5. The zero-order valence-electron chi connectivity index (χ0n) is 19.9. The quantitative estimate of drug-likeness (QED) is 0.379. The van der Waals surface area contributed by atoms with Crippen LogP contribution in [0.2, 0.25) is 0 Å². The van der Waals surface area contributed by atoms with Crippen LogP contribution in [-0.2, 0) is 11.3 Å². The van der Waals surface area contributed by atoms with Gasteiger partial charge < -0.3 is 19.3 Å². The number of benzene rings is 2. The van der Waals surface area contributed by atoms with E-state index >= 15 is 0 Å². The summed E-state index contributed by atoms with van der Waals surface area (Å²) in [4.78, 5) is 22.1. The van der Waals surface area contributed by atoms with Gasteiger partial charge in [0.1, 0.15) is 11.6 Å². The first-order valence-electron chi connectivity index (χ1n) is 11.0. The molecule has 0 bridgehead atoms. The van der Waals surface area contributed by atoms with Gasteiger partial charge in [-0.2, -0.15) is 5.10 Å². The zero-order chi connectivity index (χ0) is 24.1. The molecule has 0 aliphatic carbocycles. The smallest absolute Gasteiger partial charge is 0.254 e. The molecule has 0 atom stereocenters. The van der Waals surface area contributed by atoms with Crippen molar-refractivity contribution in [2.45, 2.75) is 6.54 Å². The number of hydrogen-bond donors (Lipinski definition) is 0. The monoisotopic (exact) mass is 459 g/mol. The van der Waals surface area contributed by atoms with Crippen LogP contribution in [0.3, 0.4) is 0 Å². The Kier molecular flexibility index (Phi) is 7.08. The van der Waals surface area contributed by atoms with Gasteiger partial charge >= 0.3 is 0 Å². The summed E-state index contributed by atoms with van der Waals surface area (Å²) in [5.41, 5.74) is 3.31. The second-order valence-electron chi connectivity index (χ2n) is 8.14. The highest BCUT2D eigenvalue weighted by molar-refractivity contribution is 5.94. The highest BCUT2D eigenvalue weighted by atomic mass is 16.5. The maximum absolute atomic E-state index is 13.5. The van der Waals surface area contributed by atoms with Crippen molar-refractivity contribution in [1.29, 1.82) is 0 Å². The Morgan fingerprint density at radius 2 is 1.85 bits per heavy atom. The molecule has 8 nitrogen and oxygen atoms in total. The molecule has 8 heteroatoms. The molecule has 0 unspecified atom stereocenters. The molecular weight excluding hydrogens is 430 g/mol. The highest BCUT2D eigenvalue weighted by Crippen LogP contribution is 2.27. The molecule has 34 heavy (non-hydrogen) atoms. The summed E-state index contributed by atoms with van der Waals surface area (Å²) in [6.07, 6.45) is 3.59. The molecule has 0 aliphatic heterocycles. The number of amides is 1. The standard InChI is InChI=1S/C26H29N5O3/c1-29(2)25-21(16-20-8-11-23(34-4)17-24(20)28-25)18-30(14-15-33-3)26(32)19-6-9-22(10-7-19)31-13-5-12-27-31/h5-13,16-17H,14-15,18H2,1-4H3. The van der Waals surface area contributed by atoms with Gasteiger partial charge in [0.2, 0.25) is 0 Å². The van der Waals surface area contributed by atoms with Gasteiger partial charge in [-0.1, -0.05) is 0 Å². The van der Waals surface area contributed by atoms with Crippen LogP contribution >= 0.6 is 0 Å². The fraction of sp³-hybridized carbons (Fsp3) is 0.269. The Balaban J connectivity index is 1.65. The van der Waals surface area contributed by atoms with Crippen LogP contribution in [0.1, 0.15) is 15.9 Å². The molecule has 1 amide bonds. The first kappa shape index (κ1) is 23.3. The van der Waals surface area contributed by atoms with Crippen molar-refractivity contribution in [1.82, 2.24) is 19.7 Å². The third-order valence-electron chi connectivity index (χ3n) is 5.60. The highest BCUT2D eigenvalue weighted by Gasteiger charge is 2.20. The maximum atomic E-state index is 13.5. The SMILES string of the molecule is COCCN(Cc1cc2ccc(OC)cc2nc1N(C)C)C(=O)c1ccc(-n2cccn2)cc1. The predicted octanol–water partition coefficient (Wildman–Crippen LogP) is 3.78. The third kappa shape index (κ3) is 5.02. The lowest BCUT2D eigenvalue weighted by Gasteiger charge is -2.25. The van der Waals surface area contributed by atoms with Crippen LogP contribution in [0, 0.1) is 0 Å². The minimum Gasteiger partial charge on any atom is -0.497 e. The molecular formula is C26H29N5O3. The largest absolute Gasteiger partial charge is 0.497 e. The summed E-state index contributed by atoms with van der Waals surface area (Å²) in [5.74, 6) is 1.50. The van der Waals surface area contributed by atoms with Crippen molar-refractivity contribution in [2.75, 3.05) is 46.4 Å². The fourth-order valence-corrected chi connectivity index (χ4v) is 3.83. The average molecular weight is 460 g/mol. The van der Waals surface area contributed by atoms with Crippen LogP contribution in [0.5, 0.6) is 5.75 Å². The number of fused-ring (bicyclic) bond motifs is 1. The molecule has 4 aromatic rings. The van der Waals surface area contributed by atoms with Gasteiger partial charge in [0.05, 0.1) is 24.9 Å². The van der Waals surface area contributed by atoms with Gasteiger partial charge in [-0.25, -0.2) is 9.67 Å². The van der Waals surface area contributed by atoms with Gasteiger partial charge in [-0.3, -0.25) is 4.79 Å². The van der Waals surface area contributed by atoms with Crippen LogP contribution in [0.4, 0.5) is 5.82 Å². The number of ether oxygens (including phenoxy) is 2. The number of anilines is 1. The number of hydrogen-bond acceptors (Lipinski definition) is 6. The molecule has 2 aromatic carbocycles. The minimum absolute atomic E-state index is 0.0661. The van der Waals surface area contributed by atoms with E-state index in [2.05, 4.69) is 11.2 Å². The molecule has 0 radical (unpaired) electrons. The summed E-state index contributed by atoms with van der Waals surface area (Å²) >= 11 is 0. The summed E-state index contributed by atoms with van der Waals surface area (Å²) in [7, 11) is 7.18. The van der Waals surface area contributed by atoms with Crippen LogP contribution in [-0.4, -0.2) is 67.0 Å². The Labute approximate surface area is 199 Å². The van der Waals surface area contributed by atoms with E-state index in [4.69, 9.17) is 14.5 Å². The Morgan fingerprint density at radius 1 is 1.06 bits per heavy atom. The van der Waals surface area contributed by atoms with E-state index in [1.807, 2.05) is 73.7 Å². The Morgan fingerprint density at radius 3 is 2.50 bits per heavy atom. The van der Waals surface area contributed by atoms with E-state index < -0.39 is 0 Å². The van der Waals surface area contributed by atoms with E-state index in [1.165, 1.54) is 0 Å². The topological polar surface area (TPSA) is 72.7 Å². The number of nitrogens with zero attached hydrogens (tertiary/aromatic N) is 5. The van der Waals surface area contributed by atoms with E-state index in [0.29, 0.717) is 25.3 Å². The Hall–Kier alpha value is -3.91. The summed E-state index contributed by atoms with van der Waals surface area (Å²) < 4.78 is 12.4. The van der Waals surface area contributed by atoms with Gasteiger partial charge in [0, 0.05) is 69.3 Å². The van der Waals surface area contributed by atoms with Gasteiger partial charge in [-0.05, 0) is 48.5 Å². The number of pyridine rings is 1.